The molecule has 0 bridgehead atoms. The summed E-state index contributed by atoms with van der Waals surface area (Å²) in [5.41, 5.74) is 2.06. The first-order valence-electron chi connectivity index (χ1n) is 5.65. The van der Waals surface area contributed by atoms with Gasteiger partial charge in [0.2, 0.25) is 0 Å². The standard InChI is InChI=1S/C14H19BrO/c1-14(2,3)12-8-5-4-7-11(12)13(16)9-6-10-15/h4-5,7-8H,6,9-10H2,1-3H3. The van der Waals surface area contributed by atoms with Crippen molar-refractivity contribution in [1.82, 2.24) is 0 Å². The number of hydrogen-bond acceptors (Lipinski definition) is 1. The normalized spacial score (nSPS) is 11.5. The predicted octanol–water partition coefficient (Wildman–Crippen LogP) is 4.34. The second-order valence-corrected chi connectivity index (χ2v) is 5.80. The van der Waals surface area contributed by atoms with Crippen LogP contribution in [0.4, 0.5) is 0 Å². The fourth-order valence-corrected chi connectivity index (χ4v) is 2.02. The van der Waals surface area contributed by atoms with E-state index in [-0.39, 0.29) is 11.2 Å². The summed E-state index contributed by atoms with van der Waals surface area (Å²) in [5.74, 6) is 0.255. The molecule has 1 aromatic rings. The zero-order valence-electron chi connectivity index (χ0n) is 10.2. The molecule has 0 spiro atoms. The zero-order valence-corrected chi connectivity index (χ0v) is 11.8. The number of carbonyl (C=O) groups is 1. The lowest BCUT2D eigenvalue weighted by atomic mass is 9.82. The number of hydrogen-bond donors (Lipinski definition) is 0. The van der Waals surface area contributed by atoms with Crippen LogP contribution in [-0.4, -0.2) is 11.1 Å². The summed E-state index contributed by atoms with van der Waals surface area (Å²) >= 11 is 3.36. The molecule has 0 unspecified atom stereocenters. The van der Waals surface area contributed by atoms with Crippen LogP contribution in [0.2, 0.25) is 0 Å². The summed E-state index contributed by atoms with van der Waals surface area (Å²) in [7, 11) is 0. The molecule has 1 nitrogen and oxygen atoms in total. The maximum atomic E-state index is 12.1. The van der Waals surface area contributed by atoms with Gasteiger partial charge in [0, 0.05) is 17.3 Å². The Morgan fingerprint density at radius 1 is 1.25 bits per heavy atom. The molecule has 2 heteroatoms. The molecule has 0 saturated carbocycles. The van der Waals surface area contributed by atoms with Crippen molar-refractivity contribution in [3.05, 3.63) is 35.4 Å². The maximum absolute atomic E-state index is 12.1. The van der Waals surface area contributed by atoms with Crippen molar-refractivity contribution >= 4 is 21.7 Å². The van der Waals surface area contributed by atoms with Gasteiger partial charge in [-0.1, -0.05) is 61.0 Å². The third kappa shape index (κ3) is 3.44. The van der Waals surface area contributed by atoms with Crippen LogP contribution in [-0.2, 0) is 5.41 Å². The molecule has 1 rings (SSSR count). The number of benzene rings is 1. The Kier molecular flexibility index (Phi) is 4.72. The summed E-state index contributed by atoms with van der Waals surface area (Å²) in [6, 6.07) is 7.94. The van der Waals surface area contributed by atoms with Gasteiger partial charge in [-0.25, -0.2) is 0 Å². The number of rotatable bonds is 4. The monoisotopic (exact) mass is 282 g/mol. The van der Waals surface area contributed by atoms with Gasteiger partial charge in [-0.05, 0) is 17.4 Å². The minimum absolute atomic E-state index is 0.0284. The Labute approximate surface area is 106 Å². The molecule has 0 heterocycles. The highest BCUT2D eigenvalue weighted by Gasteiger charge is 2.20. The summed E-state index contributed by atoms with van der Waals surface area (Å²) in [6.07, 6.45) is 1.52. The molecule has 16 heavy (non-hydrogen) atoms. The number of alkyl halides is 1. The lowest BCUT2D eigenvalue weighted by Crippen LogP contribution is -2.16. The fourth-order valence-electron chi connectivity index (χ4n) is 1.74. The van der Waals surface area contributed by atoms with Crippen molar-refractivity contribution in [3.63, 3.8) is 0 Å². The third-order valence-corrected chi connectivity index (χ3v) is 3.13. The van der Waals surface area contributed by atoms with Gasteiger partial charge >= 0.3 is 0 Å². The van der Waals surface area contributed by atoms with Crippen LogP contribution in [0.1, 0.15) is 49.5 Å². The van der Waals surface area contributed by atoms with Crippen LogP contribution in [0.25, 0.3) is 0 Å². The SMILES string of the molecule is CC(C)(C)c1ccccc1C(=O)CCCBr. The Morgan fingerprint density at radius 3 is 2.44 bits per heavy atom. The number of Topliss-reactive ketones (excluding diaryl/α,β-unsaturated/α-hetero) is 1. The summed E-state index contributed by atoms with van der Waals surface area (Å²) in [5, 5.41) is 0.885. The van der Waals surface area contributed by atoms with Crippen LogP contribution in [0, 0.1) is 0 Å². The van der Waals surface area contributed by atoms with Gasteiger partial charge in [-0.15, -0.1) is 0 Å². The third-order valence-electron chi connectivity index (χ3n) is 2.57. The van der Waals surface area contributed by atoms with Crippen molar-refractivity contribution in [2.75, 3.05) is 5.33 Å². The van der Waals surface area contributed by atoms with E-state index in [9.17, 15) is 4.79 Å². The smallest absolute Gasteiger partial charge is 0.163 e. The van der Waals surface area contributed by atoms with E-state index in [0.29, 0.717) is 6.42 Å². The highest BCUT2D eigenvalue weighted by molar-refractivity contribution is 9.09. The highest BCUT2D eigenvalue weighted by Crippen LogP contribution is 2.26. The fraction of sp³-hybridized carbons (Fsp3) is 0.500. The molecule has 0 aliphatic carbocycles. The zero-order chi connectivity index (χ0) is 12.2. The van der Waals surface area contributed by atoms with E-state index in [1.54, 1.807) is 0 Å². The van der Waals surface area contributed by atoms with Crippen LogP contribution >= 0.6 is 15.9 Å². The largest absolute Gasteiger partial charge is 0.294 e. The number of halogens is 1. The average Bonchev–Trinajstić information content (AvgIpc) is 2.24. The molecule has 88 valence electrons. The number of carbonyl (C=O) groups excluding carboxylic acids is 1. The van der Waals surface area contributed by atoms with Crippen molar-refractivity contribution < 1.29 is 4.79 Å². The van der Waals surface area contributed by atoms with E-state index in [1.807, 2.05) is 18.2 Å². The second kappa shape index (κ2) is 5.62. The van der Waals surface area contributed by atoms with E-state index in [2.05, 4.69) is 42.8 Å². The average molecular weight is 283 g/mol. The molecule has 0 N–H and O–H groups in total. The van der Waals surface area contributed by atoms with Gasteiger partial charge in [-0.3, -0.25) is 4.79 Å². The van der Waals surface area contributed by atoms with E-state index in [4.69, 9.17) is 0 Å². The first-order valence-corrected chi connectivity index (χ1v) is 6.77. The van der Waals surface area contributed by atoms with Gasteiger partial charge < -0.3 is 0 Å². The second-order valence-electron chi connectivity index (χ2n) is 5.01. The van der Waals surface area contributed by atoms with Gasteiger partial charge in [0.05, 0.1) is 0 Å². The lowest BCUT2D eigenvalue weighted by molar-refractivity contribution is 0.0980. The molecule has 0 saturated heterocycles. The van der Waals surface area contributed by atoms with Crippen molar-refractivity contribution in [1.29, 1.82) is 0 Å². The molecule has 0 radical (unpaired) electrons. The first-order chi connectivity index (χ1) is 7.46. The van der Waals surface area contributed by atoms with E-state index >= 15 is 0 Å². The molecular weight excluding hydrogens is 264 g/mol. The van der Waals surface area contributed by atoms with Crippen LogP contribution in [0.3, 0.4) is 0 Å². The maximum Gasteiger partial charge on any atom is 0.163 e. The highest BCUT2D eigenvalue weighted by atomic mass is 79.9. The van der Waals surface area contributed by atoms with Crippen LogP contribution in [0.15, 0.2) is 24.3 Å². The quantitative estimate of drug-likeness (QED) is 0.593. The van der Waals surface area contributed by atoms with E-state index in [0.717, 1.165) is 22.9 Å². The van der Waals surface area contributed by atoms with Crippen molar-refractivity contribution in [2.45, 2.75) is 39.0 Å². The molecule has 0 fully saturated rings. The summed E-state index contributed by atoms with van der Waals surface area (Å²) in [4.78, 5) is 12.1. The van der Waals surface area contributed by atoms with E-state index in [1.165, 1.54) is 0 Å². The Balaban J connectivity index is 3.00. The van der Waals surface area contributed by atoms with Gasteiger partial charge in [0.15, 0.2) is 5.78 Å². The Hall–Kier alpha value is -0.630. The topological polar surface area (TPSA) is 17.1 Å². The minimum Gasteiger partial charge on any atom is -0.294 e. The summed E-state index contributed by atoms with van der Waals surface area (Å²) in [6.45, 7) is 6.43. The Morgan fingerprint density at radius 2 is 1.88 bits per heavy atom. The van der Waals surface area contributed by atoms with E-state index < -0.39 is 0 Å². The van der Waals surface area contributed by atoms with Crippen LogP contribution in [0.5, 0.6) is 0 Å². The molecular formula is C14H19BrO. The van der Waals surface area contributed by atoms with Crippen molar-refractivity contribution in [3.8, 4) is 0 Å². The lowest BCUT2D eigenvalue weighted by Gasteiger charge is -2.22. The molecule has 0 aromatic heterocycles. The molecule has 0 aliphatic heterocycles. The molecule has 0 atom stereocenters. The minimum atomic E-state index is 0.0284. The first kappa shape index (κ1) is 13.4. The Bertz CT molecular complexity index is 363. The molecule has 0 aliphatic rings. The predicted molar refractivity (Wildman–Crippen MR) is 72.5 cm³/mol. The summed E-state index contributed by atoms with van der Waals surface area (Å²) < 4.78 is 0. The molecule has 1 aromatic carbocycles. The van der Waals surface area contributed by atoms with Crippen molar-refractivity contribution in [2.24, 2.45) is 0 Å². The van der Waals surface area contributed by atoms with Crippen LogP contribution < -0.4 is 0 Å². The van der Waals surface area contributed by atoms with Gasteiger partial charge in [-0.2, -0.15) is 0 Å². The number of ketones is 1. The molecule has 0 amide bonds. The van der Waals surface area contributed by atoms with Gasteiger partial charge in [0.25, 0.3) is 0 Å². The van der Waals surface area contributed by atoms with Gasteiger partial charge in [0.1, 0.15) is 0 Å².